The number of esters is 2. The lowest BCUT2D eigenvalue weighted by Crippen LogP contribution is -2.44. The first-order valence-electron chi connectivity index (χ1n) is 16.5. The molecule has 242 valence electrons. The molecule has 1 N–H and O–H groups in total. The van der Waals surface area contributed by atoms with E-state index in [4.69, 9.17) is 14.2 Å². The van der Waals surface area contributed by atoms with Gasteiger partial charge < -0.3 is 24.4 Å². The first-order valence-corrected chi connectivity index (χ1v) is 16.5. The molecule has 1 saturated heterocycles. The number of nitrogens with zero attached hydrogens (tertiary/aromatic N) is 1. The third-order valence-corrected chi connectivity index (χ3v) is 7.75. The molecular formula is C37H54N2O5. The van der Waals surface area contributed by atoms with Gasteiger partial charge in [0.2, 0.25) is 0 Å². The van der Waals surface area contributed by atoms with E-state index >= 15 is 0 Å². The smallest absolute Gasteiger partial charge is 0.352 e. The molecule has 1 heterocycles. The molecule has 1 aliphatic rings. The molecule has 0 radical (unpaired) electrons. The normalized spacial score (nSPS) is 14.6. The first kappa shape index (κ1) is 35.0. The molecule has 0 unspecified atom stereocenters. The van der Waals surface area contributed by atoms with Crippen LogP contribution in [0.2, 0.25) is 0 Å². The van der Waals surface area contributed by atoms with Crippen LogP contribution in [-0.4, -0.2) is 35.8 Å². The number of benzene rings is 2. The van der Waals surface area contributed by atoms with Gasteiger partial charge in [-0.2, -0.15) is 0 Å². The molecule has 0 amide bonds. The van der Waals surface area contributed by atoms with Crippen molar-refractivity contribution in [3.05, 3.63) is 71.1 Å². The highest BCUT2D eigenvalue weighted by Gasteiger charge is 2.42. The Morgan fingerprint density at radius 3 is 1.93 bits per heavy atom. The summed E-state index contributed by atoms with van der Waals surface area (Å²) in [7, 11) is 0. The van der Waals surface area contributed by atoms with E-state index in [9.17, 15) is 9.59 Å². The summed E-state index contributed by atoms with van der Waals surface area (Å²) in [6.45, 7) is 15.9. The molecule has 3 rings (SSSR count). The Bertz CT molecular complexity index is 1200. The fraction of sp³-hybridized carbons (Fsp3) is 0.568. The van der Waals surface area contributed by atoms with E-state index in [0.717, 1.165) is 55.5 Å². The lowest BCUT2D eigenvalue weighted by Gasteiger charge is -2.34. The largest absolute Gasteiger partial charge is 0.494 e. The van der Waals surface area contributed by atoms with E-state index in [1.54, 1.807) is 13.8 Å². The Morgan fingerprint density at radius 1 is 0.795 bits per heavy atom. The molecule has 0 atom stereocenters. The van der Waals surface area contributed by atoms with E-state index in [0.29, 0.717) is 25.5 Å². The molecule has 0 aliphatic carbocycles. The summed E-state index contributed by atoms with van der Waals surface area (Å²) >= 11 is 0. The number of rotatable bonds is 17. The van der Waals surface area contributed by atoms with Crippen LogP contribution in [0.3, 0.4) is 0 Å². The number of carbonyl (C=O) groups is 2. The van der Waals surface area contributed by atoms with Crippen LogP contribution in [0.5, 0.6) is 5.75 Å². The topological polar surface area (TPSA) is 77.1 Å². The summed E-state index contributed by atoms with van der Waals surface area (Å²) in [6, 6.07) is 16.2. The van der Waals surface area contributed by atoms with Crippen molar-refractivity contribution in [2.24, 2.45) is 0 Å². The van der Waals surface area contributed by atoms with Gasteiger partial charge in [-0.3, -0.25) is 0 Å². The summed E-state index contributed by atoms with van der Waals surface area (Å²) in [4.78, 5) is 28.8. The second-order valence-electron chi connectivity index (χ2n) is 13.2. The minimum absolute atomic E-state index is 0.0417. The fourth-order valence-electron chi connectivity index (χ4n) is 5.14. The number of cyclic esters (lactones) is 2. The number of hydrogen-bond donors (Lipinski definition) is 1. The van der Waals surface area contributed by atoms with E-state index in [2.05, 4.69) is 69.1 Å². The van der Waals surface area contributed by atoms with Crippen molar-refractivity contribution < 1.29 is 23.8 Å². The van der Waals surface area contributed by atoms with Gasteiger partial charge in [0, 0.05) is 32.6 Å². The van der Waals surface area contributed by atoms with Crippen molar-refractivity contribution in [2.45, 2.75) is 124 Å². The molecule has 1 fully saturated rings. The van der Waals surface area contributed by atoms with Gasteiger partial charge in [0.05, 0.1) is 6.61 Å². The van der Waals surface area contributed by atoms with Gasteiger partial charge in [0.15, 0.2) is 5.57 Å². The highest BCUT2D eigenvalue weighted by molar-refractivity contribution is 6.16. The lowest BCUT2D eigenvalue weighted by molar-refractivity contribution is -0.222. The number of ether oxygens (including phenoxy) is 3. The second kappa shape index (κ2) is 16.6. The average Bonchev–Trinajstić information content (AvgIpc) is 2.95. The standard InChI is InChI=1S/C37H54N2O5/c1-8-10-12-14-15-25-39(27-28-17-19-29(20-18-28)36(3,4)5)33(32-34(40)43-37(6,7)44-35(32)41)38-30-21-23-31(24-22-30)42-26-16-13-11-9-2/h17-24,38H,8-16,25-27H2,1-7H3. The Hall–Kier alpha value is -3.48. The minimum Gasteiger partial charge on any atom is -0.494 e. The number of hydrogen-bond acceptors (Lipinski definition) is 7. The van der Waals surface area contributed by atoms with Crippen LogP contribution in [-0.2, 0) is 31.0 Å². The highest BCUT2D eigenvalue weighted by atomic mass is 16.7. The van der Waals surface area contributed by atoms with Crippen LogP contribution in [0.25, 0.3) is 0 Å². The first-order chi connectivity index (χ1) is 20.9. The zero-order valence-corrected chi connectivity index (χ0v) is 28.1. The molecule has 0 saturated carbocycles. The zero-order valence-electron chi connectivity index (χ0n) is 28.1. The minimum atomic E-state index is -1.33. The van der Waals surface area contributed by atoms with Gasteiger partial charge in [-0.15, -0.1) is 0 Å². The lowest BCUT2D eigenvalue weighted by atomic mass is 9.87. The van der Waals surface area contributed by atoms with Gasteiger partial charge in [0.25, 0.3) is 5.79 Å². The molecule has 44 heavy (non-hydrogen) atoms. The third-order valence-electron chi connectivity index (χ3n) is 7.75. The van der Waals surface area contributed by atoms with Gasteiger partial charge >= 0.3 is 11.9 Å². The summed E-state index contributed by atoms with van der Waals surface area (Å²) in [5, 5.41) is 3.40. The van der Waals surface area contributed by atoms with E-state index in [-0.39, 0.29) is 11.0 Å². The molecule has 7 heteroatoms. The Labute approximate surface area is 265 Å². The predicted molar refractivity (Wildman–Crippen MR) is 177 cm³/mol. The number of nitrogens with one attached hydrogen (secondary N) is 1. The summed E-state index contributed by atoms with van der Waals surface area (Å²) in [5.74, 6) is -1.54. The Balaban J connectivity index is 1.94. The van der Waals surface area contributed by atoms with Crippen LogP contribution < -0.4 is 10.1 Å². The molecule has 0 spiro atoms. The van der Waals surface area contributed by atoms with Crippen molar-refractivity contribution >= 4 is 17.6 Å². The SMILES string of the molecule is CCCCCCCN(Cc1ccc(C(C)(C)C)cc1)C(Nc1ccc(OCCCCCC)cc1)=C1C(=O)OC(C)(C)OC1=O. The van der Waals surface area contributed by atoms with E-state index < -0.39 is 17.7 Å². The second-order valence-corrected chi connectivity index (χ2v) is 13.2. The predicted octanol–water partition coefficient (Wildman–Crippen LogP) is 8.88. The molecule has 2 aromatic rings. The van der Waals surface area contributed by atoms with Crippen LogP contribution in [0.4, 0.5) is 5.69 Å². The van der Waals surface area contributed by atoms with Crippen molar-refractivity contribution in [3.8, 4) is 5.75 Å². The maximum absolute atomic E-state index is 13.4. The number of carbonyl (C=O) groups excluding carboxylic acids is 2. The molecule has 7 nitrogen and oxygen atoms in total. The van der Waals surface area contributed by atoms with Gasteiger partial charge in [-0.05, 0) is 53.6 Å². The Kier molecular flexibility index (Phi) is 13.2. The van der Waals surface area contributed by atoms with Crippen molar-refractivity contribution in [1.29, 1.82) is 0 Å². The monoisotopic (exact) mass is 606 g/mol. The third kappa shape index (κ3) is 10.9. The van der Waals surface area contributed by atoms with Crippen molar-refractivity contribution in [2.75, 3.05) is 18.5 Å². The van der Waals surface area contributed by atoms with Crippen molar-refractivity contribution in [1.82, 2.24) is 4.90 Å². The molecule has 0 bridgehead atoms. The van der Waals surface area contributed by atoms with E-state index in [1.807, 2.05) is 24.3 Å². The number of unbranched alkanes of at least 4 members (excludes halogenated alkanes) is 7. The van der Waals surface area contributed by atoms with Gasteiger partial charge in [-0.25, -0.2) is 9.59 Å². The fourth-order valence-corrected chi connectivity index (χ4v) is 5.14. The molecule has 1 aliphatic heterocycles. The number of anilines is 1. The summed E-state index contributed by atoms with van der Waals surface area (Å²) in [5.41, 5.74) is 2.98. The summed E-state index contributed by atoms with van der Waals surface area (Å²) < 4.78 is 17.0. The maximum atomic E-state index is 13.4. The average molecular weight is 607 g/mol. The van der Waals surface area contributed by atoms with Crippen molar-refractivity contribution in [3.63, 3.8) is 0 Å². The van der Waals surface area contributed by atoms with E-state index in [1.165, 1.54) is 24.8 Å². The highest BCUT2D eigenvalue weighted by Crippen LogP contribution is 2.29. The quantitative estimate of drug-likeness (QED) is 0.0834. The molecule has 2 aromatic carbocycles. The molecule has 0 aromatic heterocycles. The van der Waals surface area contributed by atoms with Crippen LogP contribution in [0, 0.1) is 0 Å². The van der Waals surface area contributed by atoms with Crippen LogP contribution in [0.15, 0.2) is 59.9 Å². The Morgan fingerprint density at radius 2 is 1.36 bits per heavy atom. The zero-order chi connectivity index (χ0) is 32.2. The summed E-state index contributed by atoms with van der Waals surface area (Å²) in [6.07, 6.45) is 10.0. The van der Waals surface area contributed by atoms with Gasteiger partial charge in [0.1, 0.15) is 11.6 Å². The maximum Gasteiger partial charge on any atom is 0.352 e. The van der Waals surface area contributed by atoms with Gasteiger partial charge in [-0.1, -0.05) is 104 Å². The van der Waals surface area contributed by atoms with Crippen LogP contribution >= 0.6 is 0 Å². The molecular weight excluding hydrogens is 552 g/mol. The van der Waals surface area contributed by atoms with Crippen LogP contribution in [0.1, 0.15) is 117 Å².